The minimum Gasteiger partial charge on any atom is -0.508 e. The van der Waals surface area contributed by atoms with E-state index in [-0.39, 0.29) is 4.75 Å². The van der Waals surface area contributed by atoms with Crippen LogP contribution in [0.5, 0.6) is 5.75 Å². The van der Waals surface area contributed by atoms with E-state index in [1.165, 1.54) is 16.8 Å². The molecule has 1 N–H and O–H groups in total. The van der Waals surface area contributed by atoms with E-state index in [9.17, 15) is 5.11 Å². The van der Waals surface area contributed by atoms with Crippen LogP contribution in [0.1, 0.15) is 30.0 Å². The Morgan fingerprint density at radius 1 is 0.893 bits per heavy atom. The van der Waals surface area contributed by atoms with Gasteiger partial charge in [0.1, 0.15) is 5.75 Å². The predicted molar refractivity (Wildman–Crippen MR) is 120 cm³/mol. The number of hydrogen-bond acceptors (Lipinski definition) is 3. The number of anilines is 1. The highest BCUT2D eigenvalue weighted by Gasteiger charge is 2.29. The molecule has 0 saturated carbocycles. The molecule has 1 heterocycles. The Balaban J connectivity index is 1.53. The molecule has 1 aliphatic heterocycles. The van der Waals surface area contributed by atoms with E-state index < -0.39 is 0 Å². The van der Waals surface area contributed by atoms with E-state index >= 15 is 0 Å². The lowest BCUT2D eigenvalue weighted by molar-refractivity contribution is 0.465. The first kappa shape index (κ1) is 18.9. The Bertz CT molecular complexity index is 871. The van der Waals surface area contributed by atoms with Crippen LogP contribution in [0.4, 0.5) is 5.69 Å². The van der Waals surface area contributed by atoms with Crippen LogP contribution in [0.2, 0.25) is 0 Å². The second-order valence-corrected chi connectivity index (χ2v) is 8.99. The molecule has 0 aromatic heterocycles. The summed E-state index contributed by atoms with van der Waals surface area (Å²) in [5.41, 5.74) is 4.98. The third kappa shape index (κ3) is 3.77. The number of phenols is 1. The maximum Gasteiger partial charge on any atom is 0.120 e. The van der Waals surface area contributed by atoms with E-state index in [0.29, 0.717) is 5.75 Å². The number of aromatic hydroxyl groups is 1. The van der Waals surface area contributed by atoms with Crippen molar-refractivity contribution < 1.29 is 5.11 Å². The molecule has 144 valence electrons. The number of hydrogen-bond donors (Lipinski definition) is 1. The Kier molecular flexibility index (Phi) is 5.63. The number of phenolic OH excluding ortho intramolecular Hbond substituents is 1. The van der Waals surface area contributed by atoms with Gasteiger partial charge in [-0.2, -0.15) is 0 Å². The summed E-state index contributed by atoms with van der Waals surface area (Å²) in [4.78, 5) is 2.43. The van der Waals surface area contributed by atoms with E-state index in [2.05, 4.69) is 78.6 Å². The van der Waals surface area contributed by atoms with Gasteiger partial charge in [0.2, 0.25) is 0 Å². The van der Waals surface area contributed by atoms with E-state index in [1.807, 2.05) is 17.8 Å². The topological polar surface area (TPSA) is 23.5 Å². The van der Waals surface area contributed by atoms with Crippen LogP contribution in [0.3, 0.4) is 0 Å². The van der Waals surface area contributed by atoms with E-state index in [0.717, 1.165) is 37.2 Å². The highest BCUT2D eigenvalue weighted by molar-refractivity contribution is 8.00. The third-order valence-electron chi connectivity index (χ3n) is 5.72. The fraction of sp³-hybridized carbons (Fsp3) is 0.280. The zero-order valence-corrected chi connectivity index (χ0v) is 17.2. The number of rotatable bonds is 6. The van der Waals surface area contributed by atoms with Gasteiger partial charge in [-0.1, -0.05) is 66.7 Å². The van der Waals surface area contributed by atoms with Crippen molar-refractivity contribution in [3.8, 4) is 5.75 Å². The smallest absolute Gasteiger partial charge is 0.120 e. The lowest BCUT2D eigenvalue weighted by atomic mass is 9.92. The molecular formula is C25H27NOS. The summed E-state index contributed by atoms with van der Waals surface area (Å²) >= 11 is 2.00. The lowest BCUT2D eigenvalue weighted by Gasteiger charge is -2.34. The summed E-state index contributed by atoms with van der Waals surface area (Å²) in [5.74, 6) is 1.46. The van der Waals surface area contributed by atoms with Gasteiger partial charge in [0.25, 0.3) is 0 Å². The van der Waals surface area contributed by atoms with Crippen LogP contribution in [0.25, 0.3) is 0 Å². The van der Waals surface area contributed by atoms with Crippen LogP contribution >= 0.6 is 11.8 Å². The fourth-order valence-electron chi connectivity index (χ4n) is 4.12. The summed E-state index contributed by atoms with van der Waals surface area (Å²) in [6, 6.07) is 27.5. The zero-order valence-electron chi connectivity index (χ0n) is 16.3. The van der Waals surface area contributed by atoms with Gasteiger partial charge in [-0.3, -0.25) is 0 Å². The molecule has 1 aliphatic rings. The van der Waals surface area contributed by atoms with Crippen molar-refractivity contribution in [2.75, 3.05) is 23.7 Å². The van der Waals surface area contributed by atoms with Crippen LogP contribution < -0.4 is 4.90 Å². The quantitative estimate of drug-likeness (QED) is 0.573. The Labute approximate surface area is 172 Å². The Hall–Kier alpha value is -2.39. The first-order valence-corrected chi connectivity index (χ1v) is 11.0. The first-order chi connectivity index (χ1) is 13.7. The van der Waals surface area contributed by atoms with Gasteiger partial charge in [0, 0.05) is 30.1 Å². The second kappa shape index (κ2) is 8.32. The molecule has 0 atom stereocenters. The van der Waals surface area contributed by atoms with Crippen molar-refractivity contribution in [1.29, 1.82) is 0 Å². The summed E-state index contributed by atoms with van der Waals surface area (Å²) in [6.07, 6.45) is 2.07. The highest BCUT2D eigenvalue weighted by Crippen LogP contribution is 2.43. The van der Waals surface area contributed by atoms with Gasteiger partial charge in [0.05, 0.1) is 4.75 Å². The Morgan fingerprint density at radius 2 is 1.54 bits per heavy atom. The van der Waals surface area contributed by atoms with Crippen LogP contribution in [0.15, 0.2) is 78.9 Å². The van der Waals surface area contributed by atoms with Crippen molar-refractivity contribution in [1.82, 2.24) is 0 Å². The molecule has 0 spiro atoms. The highest BCUT2D eigenvalue weighted by atomic mass is 32.2. The van der Waals surface area contributed by atoms with E-state index in [4.69, 9.17) is 0 Å². The first-order valence-electron chi connectivity index (χ1n) is 9.99. The normalized spacial score (nSPS) is 14.0. The average molecular weight is 390 g/mol. The SMILES string of the molecule is CC(SCCN1CCCc2c(O)cccc21)(c1ccccc1)c1ccccc1. The van der Waals surface area contributed by atoms with Crippen LogP contribution in [0, 0.1) is 0 Å². The molecule has 0 radical (unpaired) electrons. The molecule has 0 fully saturated rings. The van der Waals surface area contributed by atoms with E-state index in [1.54, 1.807) is 6.07 Å². The molecule has 0 aliphatic carbocycles. The lowest BCUT2D eigenvalue weighted by Crippen LogP contribution is -2.32. The molecule has 28 heavy (non-hydrogen) atoms. The van der Waals surface area contributed by atoms with Gasteiger partial charge in [-0.25, -0.2) is 0 Å². The maximum atomic E-state index is 10.2. The molecule has 3 aromatic carbocycles. The molecule has 0 saturated heterocycles. The molecule has 3 heteroatoms. The second-order valence-electron chi connectivity index (χ2n) is 7.48. The molecule has 3 aromatic rings. The average Bonchev–Trinajstić information content (AvgIpc) is 2.75. The maximum absolute atomic E-state index is 10.2. The summed E-state index contributed by atoms with van der Waals surface area (Å²) < 4.78 is -0.0834. The standard InChI is InChI=1S/C25H27NOS/c1-25(20-10-4-2-5-11-20,21-12-6-3-7-13-21)28-19-18-26-17-9-14-22-23(26)15-8-16-24(22)27/h2-8,10-13,15-16,27H,9,14,17-19H2,1H3. The number of nitrogens with zero attached hydrogens (tertiary/aromatic N) is 1. The molecular weight excluding hydrogens is 362 g/mol. The van der Waals surface area contributed by atoms with Crippen molar-refractivity contribution in [2.24, 2.45) is 0 Å². The molecule has 0 unspecified atom stereocenters. The summed E-state index contributed by atoms with van der Waals surface area (Å²) in [6.45, 7) is 4.37. The van der Waals surface area contributed by atoms with Crippen molar-refractivity contribution in [3.05, 3.63) is 95.6 Å². The molecule has 4 rings (SSSR count). The van der Waals surface area contributed by atoms with Gasteiger partial charge < -0.3 is 10.0 Å². The minimum atomic E-state index is -0.0834. The number of thioether (sulfide) groups is 1. The van der Waals surface area contributed by atoms with Gasteiger partial charge in [0.15, 0.2) is 0 Å². The van der Waals surface area contributed by atoms with Crippen molar-refractivity contribution in [3.63, 3.8) is 0 Å². The Morgan fingerprint density at radius 3 is 2.18 bits per heavy atom. The largest absolute Gasteiger partial charge is 0.508 e. The third-order valence-corrected chi connectivity index (χ3v) is 7.16. The summed E-state index contributed by atoms with van der Waals surface area (Å²) in [5, 5.41) is 10.2. The molecule has 0 bridgehead atoms. The van der Waals surface area contributed by atoms with Gasteiger partial charge in [-0.05, 0) is 43.0 Å². The number of benzene rings is 3. The zero-order chi connectivity index (χ0) is 19.4. The van der Waals surface area contributed by atoms with Crippen molar-refractivity contribution >= 4 is 17.4 Å². The number of fused-ring (bicyclic) bond motifs is 1. The fourth-order valence-corrected chi connectivity index (χ4v) is 5.45. The monoisotopic (exact) mass is 389 g/mol. The van der Waals surface area contributed by atoms with Crippen LogP contribution in [-0.2, 0) is 11.2 Å². The van der Waals surface area contributed by atoms with Gasteiger partial charge in [-0.15, -0.1) is 11.8 Å². The minimum absolute atomic E-state index is 0.0834. The van der Waals surface area contributed by atoms with Crippen LogP contribution in [-0.4, -0.2) is 23.9 Å². The van der Waals surface area contributed by atoms with Crippen molar-refractivity contribution in [2.45, 2.75) is 24.5 Å². The molecule has 2 nitrogen and oxygen atoms in total. The summed E-state index contributed by atoms with van der Waals surface area (Å²) in [7, 11) is 0. The molecule has 0 amide bonds. The predicted octanol–water partition coefficient (Wildman–Crippen LogP) is 5.84. The van der Waals surface area contributed by atoms with Gasteiger partial charge >= 0.3 is 0 Å².